The molecule has 3 heteroatoms. The van der Waals surface area contributed by atoms with Crippen molar-refractivity contribution in [2.75, 3.05) is 12.4 Å². The molecule has 1 rings (SSSR count). The van der Waals surface area contributed by atoms with E-state index in [2.05, 4.69) is 0 Å². The second kappa shape index (κ2) is 7.15. The smallest absolute Gasteiger partial charge is 0.309 e. The van der Waals surface area contributed by atoms with Crippen LogP contribution >= 0.6 is 11.8 Å². The zero-order valence-corrected chi connectivity index (χ0v) is 10.6. The number of hydrogen-bond acceptors (Lipinski definition) is 3. The van der Waals surface area contributed by atoms with Crippen LogP contribution < -0.4 is 0 Å². The molecule has 0 aromatic rings. The number of thioether (sulfide) groups is 1. The molecule has 88 valence electrons. The van der Waals surface area contributed by atoms with Crippen molar-refractivity contribution >= 4 is 17.7 Å². The van der Waals surface area contributed by atoms with Crippen molar-refractivity contribution in [1.82, 2.24) is 0 Å². The molecule has 0 aliphatic heterocycles. The zero-order chi connectivity index (χ0) is 11.1. The fraction of sp³-hybridized carbons (Fsp3) is 0.917. The van der Waals surface area contributed by atoms with Crippen LogP contribution in [0.3, 0.4) is 0 Å². The van der Waals surface area contributed by atoms with E-state index in [-0.39, 0.29) is 11.9 Å². The fourth-order valence-corrected chi connectivity index (χ4v) is 3.23. The molecule has 0 bridgehead atoms. The molecular weight excluding hydrogens is 208 g/mol. The Labute approximate surface area is 97.1 Å². The molecule has 1 aliphatic rings. The van der Waals surface area contributed by atoms with Gasteiger partial charge in [0.15, 0.2) is 0 Å². The average Bonchev–Trinajstić information content (AvgIpc) is 2.27. The van der Waals surface area contributed by atoms with Crippen molar-refractivity contribution in [3.63, 3.8) is 0 Å². The molecule has 1 atom stereocenters. The van der Waals surface area contributed by atoms with Crippen LogP contribution in [0.4, 0.5) is 0 Å². The van der Waals surface area contributed by atoms with Crippen molar-refractivity contribution in [3.05, 3.63) is 0 Å². The lowest BCUT2D eigenvalue weighted by atomic mass is 10.0. The molecule has 1 aliphatic carbocycles. The van der Waals surface area contributed by atoms with Gasteiger partial charge in [0.05, 0.1) is 12.5 Å². The highest BCUT2D eigenvalue weighted by atomic mass is 32.2. The first kappa shape index (κ1) is 12.9. The molecular formula is C12H22O2S. The summed E-state index contributed by atoms with van der Waals surface area (Å²) in [6.07, 6.45) is 6.79. The molecule has 1 unspecified atom stereocenters. The van der Waals surface area contributed by atoms with E-state index in [4.69, 9.17) is 4.74 Å². The van der Waals surface area contributed by atoms with Gasteiger partial charge in [-0.15, -0.1) is 0 Å². The minimum atomic E-state index is -0.0409. The van der Waals surface area contributed by atoms with Gasteiger partial charge in [0.2, 0.25) is 0 Å². The number of carbonyl (C=O) groups is 1. The lowest BCUT2D eigenvalue weighted by molar-refractivity contribution is -0.146. The molecule has 15 heavy (non-hydrogen) atoms. The van der Waals surface area contributed by atoms with Crippen molar-refractivity contribution in [3.8, 4) is 0 Å². The fourth-order valence-electron chi connectivity index (χ4n) is 1.86. The van der Waals surface area contributed by atoms with Crippen LogP contribution in [0, 0.1) is 5.92 Å². The first-order chi connectivity index (χ1) is 7.24. The normalized spacial score (nSPS) is 19.9. The summed E-state index contributed by atoms with van der Waals surface area (Å²) in [5.41, 5.74) is 0. The van der Waals surface area contributed by atoms with E-state index in [1.807, 2.05) is 25.6 Å². The molecule has 0 N–H and O–H groups in total. The summed E-state index contributed by atoms with van der Waals surface area (Å²) in [7, 11) is 0. The number of hydrogen-bond donors (Lipinski definition) is 0. The maximum atomic E-state index is 11.4. The Hall–Kier alpha value is -0.180. The zero-order valence-electron chi connectivity index (χ0n) is 9.83. The predicted molar refractivity (Wildman–Crippen MR) is 65.1 cm³/mol. The molecule has 1 saturated carbocycles. The number of esters is 1. The van der Waals surface area contributed by atoms with Gasteiger partial charge < -0.3 is 4.74 Å². The van der Waals surface area contributed by atoms with Gasteiger partial charge in [-0.3, -0.25) is 4.79 Å². The van der Waals surface area contributed by atoms with Crippen LogP contribution in [0.5, 0.6) is 0 Å². The molecule has 1 fully saturated rings. The van der Waals surface area contributed by atoms with E-state index in [9.17, 15) is 4.79 Å². The predicted octanol–water partition coefficient (Wildman–Crippen LogP) is 3.25. The van der Waals surface area contributed by atoms with Crippen LogP contribution in [0.25, 0.3) is 0 Å². The van der Waals surface area contributed by atoms with Crippen LogP contribution in [0.2, 0.25) is 0 Å². The number of carbonyl (C=O) groups excluding carboxylic acids is 1. The lowest BCUT2D eigenvalue weighted by Gasteiger charge is -2.22. The molecule has 2 nitrogen and oxygen atoms in total. The standard InChI is InChI=1S/C12H22O2S/c1-3-14-12(13)10(2)9-15-11-7-5-4-6-8-11/h10-11H,3-9H2,1-2H3. The summed E-state index contributed by atoms with van der Waals surface area (Å²) >= 11 is 1.96. The topological polar surface area (TPSA) is 26.3 Å². The third-order valence-electron chi connectivity index (χ3n) is 2.82. The van der Waals surface area contributed by atoms with Gasteiger partial charge in [0.25, 0.3) is 0 Å². The molecule has 0 spiro atoms. The van der Waals surface area contributed by atoms with Crippen LogP contribution in [0.1, 0.15) is 46.0 Å². The molecule has 0 radical (unpaired) electrons. The highest BCUT2D eigenvalue weighted by Crippen LogP contribution is 2.29. The Morgan fingerprint density at radius 1 is 1.40 bits per heavy atom. The molecule has 0 aromatic heterocycles. The Kier molecular flexibility index (Phi) is 6.15. The van der Waals surface area contributed by atoms with Crippen LogP contribution in [0.15, 0.2) is 0 Å². The van der Waals surface area contributed by atoms with E-state index in [0.717, 1.165) is 11.0 Å². The van der Waals surface area contributed by atoms with E-state index < -0.39 is 0 Å². The number of rotatable bonds is 5. The number of ether oxygens (including phenoxy) is 1. The third kappa shape index (κ3) is 4.92. The minimum absolute atomic E-state index is 0.0409. The van der Waals surface area contributed by atoms with Gasteiger partial charge in [-0.05, 0) is 19.8 Å². The van der Waals surface area contributed by atoms with Gasteiger partial charge >= 0.3 is 5.97 Å². The second-order valence-corrected chi connectivity index (χ2v) is 5.58. The molecule has 0 amide bonds. The van der Waals surface area contributed by atoms with Crippen molar-refractivity contribution in [1.29, 1.82) is 0 Å². The maximum Gasteiger partial charge on any atom is 0.309 e. The Morgan fingerprint density at radius 2 is 2.07 bits per heavy atom. The van der Waals surface area contributed by atoms with Crippen LogP contribution in [-0.2, 0) is 9.53 Å². The van der Waals surface area contributed by atoms with Gasteiger partial charge in [-0.25, -0.2) is 0 Å². The van der Waals surface area contributed by atoms with Gasteiger partial charge in [-0.2, -0.15) is 11.8 Å². The van der Waals surface area contributed by atoms with E-state index in [1.54, 1.807) is 0 Å². The second-order valence-electron chi connectivity index (χ2n) is 4.25. The first-order valence-corrected chi connectivity index (χ1v) is 7.07. The van der Waals surface area contributed by atoms with Crippen molar-refractivity contribution < 1.29 is 9.53 Å². The first-order valence-electron chi connectivity index (χ1n) is 6.02. The summed E-state index contributed by atoms with van der Waals surface area (Å²) in [6, 6.07) is 0. The van der Waals surface area contributed by atoms with Crippen molar-refractivity contribution in [2.24, 2.45) is 5.92 Å². The minimum Gasteiger partial charge on any atom is -0.466 e. The highest BCUT2D eigenvalue weighted by Gasteiger charge is 2.18. The van der Waals surface area contributed by atoms with Gasteiger partial charge in [0, 0.05) is 11.0 Å². The Bertz CT molecular complexity index is 188. The maximum absolute atomic E-state index is 11.4. The lowest BCUT2D eigenvalue weighted by Crippen LogP contribution is -2.19. The highest BCUT2D eigenvalue weighted by molar-refractivity contribution is 7.99. The van der Waals surface area contributed by atoms with Crippen molar-refractivity contribution in [2.45, 2.75) is 51.2 Å². The van der Waals surface area contributed by atoms with E-state index >= 15 is 0 Å². The van der Waals surface area contributed by atoms with Gasteiger partial charge in [-0.1, -0.05) is 26.2 Å². The summed E-state index contributed by atoms with van der Waals surface area (Å²) in [5.74, 6) is 0.932. The summed E-state index contributed by atoms with van der Waals surface area (Å²) in [5, 5.41) is 0.788. The SMILES string of the molecule is CCOC(=O)C(C)CSC1CCCCC1. The molecule has 0 heterocycles. The van der Waals surface area contributed by atoms with Gasteiger partial charge in [0.1, 0.15) is 0 Å². The average molecular weight is 230 g/mol. The largest absolute Gasteiger partial charge is 0.466 e. The van der Waals surface area contributed by atoms with E-state index in [1.165, 1.54) is 32.1 Å². The summed E-state index contributed by atoms with van der Waals surface area (Å²) in [6.45, 7) is 4.32. The monoisotopic (exact) mass is 230 g/mol. The third-order valence-corrected chi connectivity index (χ3v) is 4.46. The molecule has 0 aromatic carbocycles. The summed E-state index contributed by atoms with van der Waals surface area (Å²) < 4.78 is 4.99. The van der Waals surface area contributed by atoms with E-state index in [0.29, 0.717) is 6.61 Å². The Morgan fingerprint density at radius 3 is 2.67 bits per heavy atom. The van der Waals surface area contributed by atoms with Crippen LogP contribution in [-0.4, -0.2) is 23.6 Å². The molecule has 0 saturated heterocycles. The summed E-state index contributed by atoms with van der Waals surface area (Å²) in [4.78, 5) is 11.4. The Balaban J connectivity index is 2.14. The quantitative estimate of drug-likeness (QED) is 0.678.